The molecule has 0 amide bonds. The van der Waals surface area contributed by atoms with Gasteiger partial charge in [-0.25, -0.2) is 4.79 Å². The van der Waals surface area contributed by atoms with Crippen molar-refractivity contribution in [3.63, 3.8) is 0 Å². The Labute approximate surface area is 179 Å². The lowest BCUT2D eigenvalue weighted by molar-refractivity contribution is 0.0600. The molecule has 0 saturated carbocycles. The minimum absolute atomic E-state index is 0. The zero-order valence-electron chi connectivity index (χ0n) is 16.3. The fourth-order valence-corrected chi connectivity index (χ4v) is 4.75. The molecule has 4 rings (SSSR count). The van der Waals surface area contributed by atoms with Crippen LogP contribution in [-0.2, 0) is 11.3 Å². The second-order valence-electron chi connectivity index (χ2n) is 7.60. The van der Waals surface area contributed by atoms with Gasteiger partial charge in [-0.2, -0.15) is 0 Å². The molecule has 0 aliphatic carbocycles. The monoisotopic (exact) mass is 422 g/mol. The molecule has 0 radical (unpaired) electrons. The van der Waals surface area contributed by atoms with Gasteiger partial charge in [-0.3, -0.25) is 9.80 Å². The van der Waals surface area contributed by atoms with Crippen LogP contribution in [0.2, 0.25) is 0 Å². The van der Waals surface area contributed by atoms with E-state index in [1.54, 1.807) is 0 Å². The van der Waals surface area contributed by atoms with Gasteiger partial charge in [0.1, 0.15) is 0 Å². The van der Waals surface area contributed by atoms with Gasteiger partial charge in [0.05, 0.1) is 12.7 Å². The minimum Gasteiger partial charge on any atom is -0.465 e. The zero-order valence-corrected chi connectivity index (χ0v) is 17.9. The SMILES string of the molecule is COC(=O)c1ccc(CN2C[C@@H]3CN(C)[C@@H](c4ccccc4)[C@@H]3C2)cc1.Cl.Cl. The number of ether oxygens (including phenoxy) is 1. The predicted molar refractivity (Wildman–Crippen MR) is 116 cm³/mol. The van der Waals surface area contributed by atoms with Gasteiger partial charge in [0.15, 0.2) is 0 Å². The third-order valence-corrected chi connectivity index (χ3v) is 5.89. The molecule has 2 fully saturated rings. The fourth-order valence-electron chi connectivity index (χ4n) is 4.75. The van der Waals surface area contributed by atoms with Gasteiger partial charge in [0, 0.05) is 32.2 Å². The van der Waals surface area contributed by atoms with Crippen molar-refractivity contribution in [1.82, 2.24) is 9.80 Å². The van der Waals surface area contributed by atoms with Crippen LogP contribution in [0.15, 0.2) is 54.6 Å². The van der Waals surface area contributed by atoms with Crippen LogP contribution in [0.3, 0.4) is 0 Å². The number of methoxy groups -OCH3 is 1. The quantitative estimate of drug-likeness (QED) is 0.695. The van der Waals surface area contributed by atoms with E-state index >= 15 is 0 Å². The average Bonchev–Trinajstić information content (AvgIpc) is 3.18. The van der Waals surface area contributed by atoms with E-state index in [0.29, 0.717) is 17.5 Å². The van der Waals surface area contributed by atoms with Crippen LogP contribution in [0, 0.1) is 11.8 Å². The number of benzene rings is 2. The molecule has 28 heavy (non-hydrogen) atoms. The lowest BCUT2D eigenvalue weighted by atomic mass is 9.90. The van der Waals surface area contributed by atoms with E-state index in [0.717, 1.165) is 25.6 Å². The van der Waals surface area contributed by atoms with Gasteiger partial charge in [-0.1, -0.05) is 42.5 Å². The largest absolute Gasteiger partial charge is 0.465 e. The summed E-state index contributed by atoms with van der Waals surface area (Å²) in [6, 6.07) is 19.2. The van der Waals surface area contributed by atoms with E-state index < -0.39 is 0 Å². The number of fused-ring (bicyclic) bond motifs is 1. The summed E-state index contributed by atoms with van der Waals surface area (Å²) in [5.74, 6) is 1.15. The highest BCUT2D eigenvalue weighted by atomic mass is 35.5. The third-order valence-electron chi connectivity index (χ3n) is 5.89. The number of nitrogens with zero attached hydrogens (tertiary/aromatic N) is 2. The summed E-state index contributed by atoms with van der Waals surface area (Å²) in [4.78, 5) is 16.6. The smallest absolute Gasteiger partial charge is 0.337 e. The molecule has 2 aliphatic rings. The first-order valence-electron chi connectivity index (χ1n) is 9.30. The Bertz CT molecular complexity index is 770. The minimum atomic E-state index is -0.277. The molecular formula is C22H28Cl2N2O2. The first-order valence-corrected chi connectivity index (χ1v) is 9.30. The molecule has 0 spiro atoms. The maximum absolute atomic E-state index is 11.6. The second-order valence-corrected chi connectivity index (χ2v) is 7.60. The number of carbonyl (C=O) groups excluding carboxylic acids is 1. The maximum atomic E-state index is 11.6. The van der Waals surface area contributed by atoms with Crippen LogP contribution in [0.25, 0.3) is 0 Å². The molecule has 0 aromatic heterocycles. The third kappa shape index (κ3) is 4.52. The van der Waals surface area contributed by atoms with Crippen molar-refractivity contribution in [2.75, 3.05) is 33.8 Å². The van der Waals surface area contributed by atoms with Crippen molar-refractivity contribution in [1.29, 1.82) is 0 Å². The summed E-state index contributed by atoms with van der Waals surface area (Å²) < 4.78 is 4.77. The Hall–Kier alpha value is -1.59. The normalized spacial score (nSPS) is 24.1. The van der Waals surface area contributed by atoms with E-state index in [1.807, 2.05) is 24.3 Å². The molecule has 0 N–H and O–H groups in total. The standard InChI is InChI=1S/C22H26N2O2.2ClH/c1-23-13-19-14-24(12-16-8-10-18(11-9-16)22(25)26-2)15-20(19)21(23)17-6-4-3-5-7-17;;/h3-11,19-21H,12-15H2,1-2H3;2*1H/t19-,20+,21-;;/m0../s1. The number of esters is 1. The lowest BCUT2D eigenvalue weighted by Crippen LogP contribution is -2.28. The van der Waals surface area contributed by atoms with Gasteiger partial charge >= 0.3 is 5.97 Å². The van der Waals surface area contributed by atoms with E-state index in [2.05, 4.69) is 47.2 Å². The van der Waals surface area contributed by atoms with Crippen molar-refractivity contribution >= 4 is 30.8 Å². The van der Waals surface area contributed by atoms with Crippen molar-refractivity contribution in [3.05, 3.63) is 71.3 Å². The molecule has 2 saturated heterocycles. The maximum Gasteiger partial charge on any atom is 0.337 e. The van der Waals surface area contributed by atoms with Gasteiger partial charge in [-0.05, 0) is 42.1 Å². The van der Waals surface area contributed by atoms with Crippen molar-refractivity contribution in [2.45, 2.75) is 12.6 Å². The Kier molecular flexibility index (Phi) is 7.90. The predicted octanol–water partition coefficient (Wildman–Crippen LogP) is 4.05. The van der Waals surface area contributed by atoms with Crippen molar-refractivity contribution in [2.24, 2.45) is 11.8 Å². The van der Waals surface area contributed by atoms with Gasteiger partial charge in [0.25, 0.3) is 0 Å². The highest BCUT2D eigenvalue weighted by molar-refractivity contribution is 5.89. The summed E-state index contributed by atoms with van der Waals surface area (Å²) in [5, 5.41) is 0. The molecule has 6 heteroatoms. The number of hydrogen-bond donors (Lipinski definition) is 0. The van der Waals surface area contributed by atoms with Crippen LogP contribution >= 0.6 is 24.8 Å². The van der Waals surface area contributed by atoms with Crippen LogP contribution < -0.4 is 0 Å². The van der Waals surface area contributed by atoms with Gasteiger partial charge in [-0.15, -0.1) is 24.8 Å². The lowest BCUT2D eigenvalue weighted by Gasteiger charge is -2.27. The zero-order chi connectivity index (χ0) is 18.1. The Morgan fingerprint density at radius 2 is 1.68 bits per heavy atom. The van der Waals surface area contributed by atoms with E-state index in [-0.39, 0.29) is 30.8 Å². The van der Waals surface area contributed by atoms with Crippen LogP contribution in [0.1, 0.15) is 27.5 Å². The molecule has 0 bridgehead atoms. The molecule has 2 aromatic rings. The van der Waals surface area contributed by atoms with E-state index in [9.17, 15) is 4.79 Å². The summed E-state index contributed by atoms with van der Waals surface area (Å²) in [6.07, 6.45) is 0. The summed E-state index contributed by atoms with van der Waals surface area (Å²) in [7, 11) is 3.67. The number of carbonyl (C=O) groups is 1. The summed E-state index contributed by atoms with van der Waals surface area (Å²) >= 11 is 0. The van der Waals surface area contributed by atoms with E-state index in [1.165, 1.54) is 24.8 Å². The topological polar surface area (TPSA) is 32.8 Å². The molecule has 2 aliphatic heterocycles. The molecular weight excluding hydrogens is 395 g/mol. The van der Waals surface area contributed by atoms with Gasteiger partial charge in [0.2, 0.25) is 0 Å². The average molecular weight is 423 g/mol. The van der Waals surface area contributed by atoms with Crippen molar-refractivity contribution < 1.29 is 9.53 Å². The first kappa shape index (κ1) is 22.7. The number of halogens is 2. The molecule has 3 atom stereocenters. The number of rotatable bonds is 4. The second kappa shape index (κ2) is 9.75. The van der Waals surface area contributed by atoms with Crippen LogP contribution in [0.4, 0.5) is 0 Å². The van der Waals surface area contributed by atoms with Gasteiger partial charge < -0.3 is 4.74 Å². The summed E-state index contributed by atoms with van der Waals surface area (Å²) in [6.45, 7) is 4.39. The summed E-state index contributed by atoms with van der Waals surface area (Å²) in [5.41, 5.74) is 3.30. The Morgan fingerprint density at radius 1 is 1.00 bits per heavy atom. The van der Waals surface area contributed by atoms with E-state index in [4.69, 9.17) is 4.74 Å². The van der Waals surface area contributed by atoms with Crippen molar-refractivity contribution in [3.8, 4) is 0 Å². The van der Waals surface area contributed by atoms with Crippen LogP contribution in [-0.4, -0.2) is 49.6 Å². The Morgan fingerprint density at radius 3 is 2.32 bits per heavy atom. The highest BCUT2D eigenvalue weighted by Gasteiger charge is 2.45. The molecule has 152 valence electrons. The molecule has 2 heterocycles. The Balaban J connectivity index is 0.00000140. The fraction of sp³-hybridized carbons (Fsp3) is 0.409. The highest BCUT2D eigenvalue weighted by Crippen LogP contribution is 2.44. The van der Waals surface area contributed by atoms with Crippen LogP contribution in [0.5, 0.6) is 0 Å². The molecule has 4 nitrogen and oxygen atoms in total. The molecule has 2 aromatic carbocycles. The number of hydrogen-bond acceptors (Lipinski definition) is 4. The molecule has 0 unspecified atom stereocenters. The number of likely N-dealkylation sites (tertiary alicyclic amines) is 2. The first-order chi connectivity index (χ1) is 12.7.